The van der Waals surface area contributed by atoms with E-state index in [9.17, 15) is 19.5 Å². The summed E-state index contributed by atoms with van der Waals surface area (Å²) >= 11 is 3.63. The lowest BCUT2D eigenvalue weighted by Gasteiger charge is -2.51. The van der Waals surface area contributed by atoms with Gasteiger partial charge in [-0.1, -0.05) is 40.8 Å². The topological polar surface area (TPSA) is 176 Å². The molecule has 12 nitrogen and oxygen atoms in total. The molecule has 5 N–H and O–H groups in total. The fourth-order valence-electron chi connectivity index (χ4n) is 4.02. The number of carboxylic acids is 1. The average molecular weight is 546 g/mol. The number of para-hydroxylation sites is 2. The molecule has 2 atom stereocenters. The van der Waals surface area contributed by atoms with Crippen LogP contribution in [0.2, 0.25) is 0 Å². The van der Waals surface area contributed by atoms with E-state index < -0.39 is 22.1 Å². The number of carbonyl (C=O) groups excluding carboxylic acids is 2. The van der Waals surface area contributed by atoms with Crippen molar-refractivity contribution in [2.75, 3.05) is 18.6 Å². The largest absolute Gasteiger partial charge is 0.477 e. The number of hydrogen-bond donors (Lipinski definition) is 4. The predicted molar refractivity (Wildman–Crippen MR) is 136 cm³/mol. The number of carboxylic acid groups (broad SMARTS) is 1. The van der Waals surface area contributed by atoms with Crippen molar-refractivity contribution in [3.05, 3.63) is 46.6 Å². The molecular weight excluding hydrogens is 526 g/mol. The molecule has 1 fully saturated rings. The number of carbonyl (C=O) groups is 3. The highest BCUT2D eigenvalue weighted by Crippen LogP contribution is 2.55. The van der Waals surface area contributed by atoms with Gasteiger partial charge in [0.15, 0.2) is 15.2 Å². The number of amides is 2. The summed E-state index contributed by atoms with van der Waals surface area (Å²) in [6.45, 7) is 0. The van der Waals surface area contributed by atoms with Crippen LogP contribution in [0, 0.1) is 0 Å². The Bertz CT molecular complexity index is 1400. The third-order valence-corrected chi connectivity index (χ3v) is 8.69. The van der Waals surface area contributed by atoms with Gasteiger partial charge in [0, 0.05) is 16.7 Å². The first kappa shape index (κ1) is 24.1. The molecule has 5 rings (SSSR count). The van der Waals surface area contributed by atoms with Crippen LogP contribution in [0.25, 0.3) is 11.0 Å². The van der Waals surface area contributed by atoms with Crippen molar-refractivity contribution in [3.8, 4) is 0 Å². The SMILES string of the molecule is CON=CC(=O)NC1(c2csc(N)n2)S[C@H]2CC(=O)N2C(C(=O)O)=C1CSc1nc2ccccc2[nH]1. The minimum atomic E-state index is -1.43. The van der Waals surface area contributed by atoms with E-state index in [1.54, 1.807) is 5.38 Å². The first-order valence-electron chi connectivity index (χ1n) is 10.5. The second-order valence-corrected chi connectivity index (χ2v) is 10.9. The van der Waals surface area contributed by atoms with Crippen LogP contribution in [-0.4, -0.2) is 67.2 Å². The molecule has 0 aliphatic carbocycles. The minimum absolute atomic E-state index is 0.0735. The van der Waals surface area contributed by atoms with E-state index in [0.717, 1.165) is 28.6 Å². The van der Waals surface area contributed by atoms with Gasteiger partial charge in [-0.3, -0.25) is 14.5 Å². The molecule has 0 spiro atoms. The van der Waals surface area contributed by atoms with Crippen LogP contribution < -0.4 is 11.1 Å². The molecule has 4 heterocycles. The normalized spacial score (nSPS) is 21.5. The number of thioether (sulfide) groups is 2. The first-order chi connectivity index (χ1) is 17.3. The molecule has 0 saturated carbocycles. The number of anilines is 1. The number of fused-ring (bicyclic) bond motifs is 2. The third kappa shape index (κ3) is 4.18. The standard InChI is InChI=1S/C21H19N7O5S3/c1-33-23-7-14(29)27-21(13-9-34-19(22)26-13)10(17(18(31)32)28-15(30)6-16(28)36-21)8-35-20-24-11-4-2-3-5-12(11)25-20/h2-5,7,9,16H,6,8H2,1H3,(H2,22,26)(H,24,25)(H,27,29)(H,31,32)/t16-,21?/m0/s1. The van der Waals surface area contributed by atoms with Gasteiger partial charge in [0.25, 0.3) is 5.91 Å². The van der Waals surface area contributed by atoms with Gasteiger partial charge in [-0.25, -0.2) is 14.8 Å². The monoisotopic (exact) mass is 545 g/mol. The highest BCUT2D eigenvalue weighted by atomic mass is 32.2. The van der Waals surface area contributed by atoms with Gasteiger partial charge in [-0.2, -0.15) is 0 Å². The van der Waals surface area contributed by atoms with Crippen molar-refractivity contribution >= 4 is 75.0 Å². The quantitative estimate of drug-likeness (QED) is 0.142. The lowest BCUT2D eigenvalue weighted by molar-refractivity contribution is -0.146. The minimum Gasteiger partial charge on any atom is -0.477 e. The number of H-pyrrole nitrogens is 1. The maximum Gasteiger partial charge on any atom is 0.352 e. The van der Waals surface area contributed by atoms with E-state index in [1.807, 2.05) is 24.3 Å². The maximum atomic E-state index is 12.9. The molecule has 0 bridgehead atoms. The number of imidazole rings is 1. The van der Waals surface area contributed by atoms with Gasteiger partial charge in [-0.05, 0) is 12.1 Å². The van der Waals surface area contributed by atoms with Gasteiger partial charge >= 0.3 is 5.97 Å². The lowest BCUT2D eigenvalue weighted by Crippen LogP contribution is -2.61. The average Bonchev–Trinajstić information content (AvgIpc) is 3.47. The summed E-state index contributed by atoms with van der Waals surface area (Å²) < 4.78 is 0. The third-order valence-electron chi connectivity index (χ3n) is 5.55. The Morgan fingerprint density at radius 2 is 2.25 bits per heavy atom. The number of thiazole rings is 1. The highest BCUT2D eigenvalue weighted by Gasteiger charge is 2.56. The summed E-state index contributed by atoms with van der Waals surface area (Å²) in [6, 6.07) is 7.48. The summed E-state index contributed by atoms with van der Waals surface area (Å²) in [7, 11) is 1.30. The van der Waals surface area contributed by atoms with Crippen LogP contribution in [0.5, 0.6) is 0 Å². The number of aromatic amines is 1. The van der Waals surface area contributed by atoms with E-state index >= 15 is 0 Å². The molecule has 1 saturated heterocycles. The molecule has 2 amide bonds. The molecule has 3 aromatic rings. The van der Waals surface area contributed by atoms with E-state index in [4.69, 9.17) is 5.73 Å². The molecule has 1 aromatic carbocycles. The molecule has 0 radical (unpaired) electrons. The van der Waals surface area contributed by atoms with Gasteiger partial charge in [-0.15, -0.1) is 11.3 Å². The molecule has 2 aromatic heterocycles. The Kier molecular flexibility index (Phi) is 6.36. The van der Waals surface area contributed by atoms with Crippen LogP contribution in [0.4, 0.5) is 5.13 Å². The first-order valence-corrected chi connectivity index (χ1v) is 13.2. The Balaban J connectivity index is 1.63. The van der Waals surface area contributed by atoms with Gasteiger partial charge in [0.2, 0.25) is 5.91 Å². The zero-order valence-corrected chi connectivity index (χ0v) is 21.1. The Labute approximate surface area is 216 Å². The van der Waals surface area contributed by atoms with Crippen molar-refractivity contribution in [1.29, 1.82) is 0 Å². The van der Waals surface area contributed by atoms with Crippen molar-refractivity contribution in [1.82, 2.24) is 25.2 Å². The highest BCUT2D eigenvalue weighted by molar-refractivity contribution is 8.01. The number of aliphatic carboxylic acids is 1. The number of nitrogens with two attached hydrogens (primary N) is 1. The van der Waals surface area contributed by atoms with Crippen LogP contribution in [0.1, 0.15) is 12.1 Å². The predicted octanol–water partition coefficient (Wildman–Crippen LogP) is 1.94. The van der Waals surface area contributed by atoms with E-state index in [1.165, 1.54) is 35.5 Å². The number of benzene rings is 1. The maximum absolute atomic E-state index is 12.9. The fraction of sp³-hybridized carbons (Fsp3) is 0.238. The summed E-state index contributed by atoms with van der Waals surface area (Å²) in [5.74, 6) is -2.16. The molecule has 2 aliphatic rings. The number of rotatable bonds is 8. The van der Waals surface area contributed by atoms with Crippen LogP contribution in [0.3, 0.4) is 0 Å². The summed E-state index contributed by atoms with van der Waals surface area (Å²) in [5, 5.41) is 18.6. The summed E-state index contributed by atoms with van der Waals surface area (Å²) in [5.41, 5.74) is 7.92. The fourth-order valence-corrected chi connectivity index (χ4v) is 7.43. The number of aromatic nitrogens is 3. The Hall–Kier alpha value is -3.56. The molecule has 36 heavy (non-hydrogen) atoms. The van der Waals surface area contributed by atoms with Crippen LogP contribution in [-0.2, 0) is 24.1 Å². The van der Waals surface area contributed by atoms with E-state index in [2.05, 4.69) is 30.3 Å². The molecule has 186 valence electrons. The summed E-state index contributed by atoms with van der Waals surface area (Å²) in [4.78, 5) is 54.4. The zero-order chi connectivity index (χ0) is 25.4. The number of oxime groups is 1. The Morgan fingerprint density at radius 3 is 2.92 bits per heavy atom. The smallest absolute Gasteiger partial charge is 0.352 e. The number of nitrogens with zero attached hydrogens (tertiary/aromatic N) is 4. The van der Waals surface area contributed by atoms with Gasteiger partial charge in [0.1, 0.15) is 19.0 Å². The van der Waals surface area contributed by atoms with Crippen LogP contribution >= 0.6 is 34.9 Å². The lowest BCUT2D eigenvalue weighted by atomic mass is 9.98. The van der Waals surface area contributed by atoms with E-state index in [0.29, 0.717) is 10.9 Å². The molecule has 15 heteroatoms. The zero-order valence-electron chi connectivity index (χ0n) is 18.6. The van der Waals surface area contributed by atoms with Crippen molar-refractivity contribution in [2.24, 2.45) is 5.16 Å². The van der Waals surface area contributed by atoms with Crippen LogP contribution in [0.15, 0.2) is 51.2 Å². The Morgan fingerprint density at radius 1 is 1.44 bits per heavy atom. The molecular formula is C21H19N7O5S3. The summed E-state index contributed by atoms with van der Waals surface area (Å²) in [6.07, 6.45) is 1.07. The van der Waals surface area contributed by atoms with Crippen molar-refractivity contribution in [3.63, 3.8) is 0 Å². The molecule has 2 aliphatic heterocycles. The van der Waals surface area contributed by atoms with Gasteiger partial charge in [0.05, 0.1) is 28.5 Å². The van der Waals surface area contributed by atoms with Crippen molar-refractivity contribution in [2.45, 2.75) is 21.8 Å². The van der Waals surface area contributed by atoms with E-state index in [-0.39, 0.29) is 34.5 Å². The number of hydrogen-bond acceptors (Lipinski definition) is 11. The second kappa shape index (κ2) is 9.48. The number of nitrogens with one attached hydrogen (secondary N) is 2. The molecule has 1 unspecified atom stereocenters. The number of β-lactam (4-membered cyclic amide) rings is 1. The van der Waals surface area contributed by atoms with Crippen molar-refractivity contribution < 1.29 is 24.3 Å². The number of nitrogen functional groups attached to an aromatic ring is 1. The second-order valence-electron chi connectivity index (χ2n) is 7.68. The van der Waals surface area contributed by atoms with Gasteiger partial charge < -0.3 is 26.0 Å².